The van der Waals surface area contributed by atoms with Gasteiger partial charge in [0.05, 0.1) is 23.8 Å². The first-order chi connectivity index (χ1) is 9.65. The fourth-order valence-electron chi connectivity index (χ4n) is 2.18. The molecule has 1 aromatic heterocycles. The van der Waals surface area contributed by atoms with Crippen molar-refractivity contribution in [1.82, 2.24) is 9.55 Å². The third-order valence-corrected chi connectivity index (χ3v) is 3.62. The summed E-state index contributed by atoms with van der Waals surface area (Å²) in [5.74, 6) is 0.503. The molecule has 1 heterocycles. The molecule has 5 heteroatoms. The quantitative estimate of drug-likeness (QED) is 0.790. The zero-order chi connectivity index (χ0) is 14.1. The van der Waals surface area contributed by atoms with Crippen LogP contribution in [0.3, 0.4) is 0 Å². The normalized spacial score (nSPS) is 14.3. The number of ether oxygens (including phenoxy) is 1. The maximum Gasteiger partial charge on any atom is 0.163 e. The topological polar surface area (TPSA) is 44.1 Å². The van der Waals surface area contributed by atoms with Gasteiger partial charge in [0, 0.05) is 11.1 Å². The van der Waals surface area contributed by atoms with Crippen LogP contribution in [0.2, 0.25) is 5.02 Å². The van der Waals surface area contributed by atoms with E-state index in [0.29, 0.717) is 29.0 Å². The monoisotopic (exact) mass is 290 g/mol. The molecule has 0 saturated heterocycles. The van der Waals surface area contributed by atoms with Crippen molar-refractivity contribution in [1.29, 1.82) is 0 Å². The van der Waals surface area contributed by atoms with Crippen molar-refractivity contribution in [3.63, 3.8) is 0 Å². The van der Waals surface area contributed by atoms with Gasteiger partial charge < -0.3 is 9.30 Å². The molecule has 4 nitrogen and oxygen atoms in total. The highest BCUT2D eigenvalue weighted by atomic mass is 35.5. The molecule has 0 spiro atoms. The average molecular weight is 291 g/mol. The number of ketones is 1. The van der Waals surface area contributed by atoms with Gasteiger partial charge in [0.25, 0.3) is 0 Å². The Labute approximate surface area is 122 Å². The Morgan fingerprint density at radius 3 is 3.00 bits per heavy atom. The fraction of sp³-hybridized carbons (Fsp3) is 0.333. The Kier molecular flexibility index (Phi) is 3.49. The molecule has 1 aromatic carbocycles. The molecule has 1 fully saturated rings. The lowest BCUT2D eigenvalue weighted by Gasteiger charge is -2.11. The number of hydrogen-bond donors (Lipinski definition) is 0. The van der Waals surface area contributed by atoms with Crippen LogP contribution in [0.5, 0.6) is 5.75 Å². The maximum atomic E-state index is 11.6. The number of halogens is 1. The first kappa shape index (κ1) is 13.2. The minimum atomic E-state index is -0.0572. The van der Waals surface area contributed by atoms with Crippen molar-refractivity contribution in [2.24, 2.45) is 0 Å². The van der Waals surface area contributed by atoms with Crippen LogP contribution in [0.1, 0.15) is 41.9 Å². The predicted octanol–water partition coefficient (Wildman–Crippen LogP) is 3.65. The van der Waals surface area contributed by atoms with E-state index in [0.717, 1.165) is 5.69 Å². The fourth-order valence-corrected chi connectivity index (χ4v) is 2.35. The van der Waals surface area contributed by atoms with Gasteiger partial charge in [-0.3, -0.25) is 4.79 Å². The van der Waals surface area contributed by atoms with Crippen LogP contribution in [0, 0.1) is 0 Å². The molecule has 0 bridgehead atoms. The van der Waals surface area contributed by atoms with Gasteiger partial charge in [0.15, 0.2) is 5.78 Å². The number of carbonyl (C=O) groups is 1. The number of rotatable bonds is 5. The lowest BCUT2D eigenvalue weighted by Crippen LogP contribution is -2.06. The molecular formula is C15H15ClN2O2. The minimum Gasteiger partial charge on any atom is -0.487 e. The number of Topliss-reactive ketones (excluding diaryl/α,β-unsaturated/α-hetero) is 1. The second-order valence-corrected chi connectivity index (χ2v) is 5.45. The minimum absolute atomic E-state index is 0.0572. The van der Waals surface area contributed by atoms with Crippen LogP contribution in [-0.2, 0) is 6.61 Å². The summed E-state index contributed by atoms with van der Waals surface area (Å²) in [5.41, 5.74) is 1.53. The first-order valence-electron chi connectivity index (χ1n) is 6.59. The van der Waals surface area contributed by atoms with E-state index in [2.05, 4.69) is 9.55 Å². The van der Waals surface area contributed by atoms with Crippen molar-refractivity contribution < 1.29 is 9.53 Å². The van der Waals surface area contributed by atoms with Gasteiger partial charge in [-0.05, 0) is 38.0 Å². The molecule has 3 rings (SSSR count). The largest absolute Gasteiger partial charge is 0.487 e. The van der Waals surface area contributed by atoms with Gasteiger partial charge in [-0.1, -0.05) is 11.6 Å². The first-order valence-corrected chi connectivity index (χ1v) is 6.97. The van der Waals surface area contributed by atoms with Gasteiger partial charge >= 0.3 is 0 Å². The molecule has 0 atom stereocenters. The molecule has 1 aliphatic rings. The van der Waals surface area contributed by atoms with E-state index < -0.39 is 0 Å². The highest BCUT2D eigenvalue weighted by Crippen LogP contribution is 2.36. The maximum absolute atomic E-state index is 11.6. The van der Waals surface area contributed by atoms with E-state index in [1.165, 1.54) is 19.8 Å². The molecule has 1 saturated carbocycles. The number of carbonyl (C=O) groups excluding carboxylic acids is 1. The van der Waals surface area contributed by atoms with Crippen LogP contribution >= 0.6 is 11.6 Å². The molecule has 0 N–H and O–H groups in total. The molecule has 0 unspecified atom stereocenters. The summed E-state index contributed by atoms with van der Waals surface area (Å²) in [7, 11) is 0. The van der Waals surface area contributed by atoms with Crippen molar-refractivity contribution in [2.45, 2.75) is 32.4 Å². The lowest BCUT2D eigenvalue weighted by atomic mass is 10.1. The number of hydrogen-bond acceptors (Lipinski definition) is 3. The van der Waals surface area contributed by atoms with E-state index in [9.17, 15) is 4.79 Å². The van der Waals surface area contributed by atoms with Crippen LogP contribution in [0.15, 0.2) is 30.7 Å². The van der Waals surface area contributed by atoms with Gasteiger partial charge in [-0.2, -0.15) is 0 Å². The van der Waals surface area contributed by atoms with E-state index >= 15 is 0 Å². The summed E-state index contributed by atoms with van der Waals surface area (Å²) in [4.78, 5) is 15.8. The molecule has 0 aliphatic heterocycles. The van der Waals surface area contributed by atoms with E-state index in [-0.39, 0.29) is 5.78 Å². The van der Waals surface area contributed by atoms with Crippen molar-refractivity contribution in [3.05, 3.63) is 47.0 Å². The molecule has 1 aliphatic carbocycles. The highest BCUT2D eigenvalue weighted by Gasteiger charge is 2.25. The Balaban J connectivity index is 1.78. The summed E-state index contributed by atoms with van der Waals surface area (Å²) in [6.07, 6.45) is 6.04. The van der Waals surface area contributed by atoms with Gasteiger partial charge in [0.2, 0.25) is 0 Å². The number of benzene rings is 1. The number of nitrogens with zero attached hydrogens (tertiary/aromatic N) is 2. The Bertz CT molecular complexity index is 647. The molecule has 0 radical (unpaired) electrons. The summed E-state index contributed by atoms with van der Waals surface area (Å²) in [6.45, 7) is 1.91. The molecule has 0 amide bonds. The Morgan fingerprint density at radius 1 is 1.50 bits per heavy atom. The van der Waals surface area contributed by atoms with Crippen LogP contribution < -0.4 is 4.74 Å². The van der Waals surface area contributed by atoms with E-state index in [1.54, 1.807) is 18.2 Å². The molecule has 20 heavy (non-hydrogen) atoms. The van der Waals surface area contributed by atoms with Crippen LogP contribution in [0.4, 0.5) is 0 Å². The second kappa shape index (κ2) is 5.29. The smallest absolute Gasteiger partial charge is 0.163 e. The summed E-state index contributed by atoms with van der Waals surface area (Å²) in [6, 6.07) is 5.66. The molecule has 104 valence electrons. The average Bonchev–Trinajstić information content (AvgIpc) is 3.16. The van der Waals surface area contributed by atoms with Gasteiger partial charge in [-0.15, -0.1) is 0 Å². The molecular weight excluding hydrogens is 276 g/mol. The zero-order valence-electron chi connectivity index (χ0n) is 11.2. The number of aromatic nitrogens is 2. The Morgan fingerprint density at radius 2 is 2.30 bits per heavy atom. The lowest BCUT2D eigenvalue weighted by molar-refractivity contribution is 0.101. The highest BCUT2D eigenvalue weighted by molar-refractivity contribution is 6.31. The summed E-state index contributed by atoms with van der Waals surface area (Å²) >= 11 is 5.91. The van der Waals surface area contributed by atoms with Crippen molar-refractivity contribution >= 4 is 17.4 Å². The van der Waals surface area contributed by atoms with E-state index in [1.807, 2.05) is 12.5 Å². The third-order valence-electron chi connectivity index (χ3n) is 3.38. The van der Waals surface area contributed by atoms with Crippen molar-refractivity contribution in [3.8, 4) is 5.75 Å². The number of imidazole rings is 1. The molecule has 2 aromatic rings. The predicted molar refractivity (Wildman–Crippen MR) is 76.3 cm³/mol. The van der Waals surface area contributed by atoms with E-state index in [4.69, 9.17) is 16.3 Å². The van der Waals surface area contributed by atoms with Crippen LogP contribution in [-0.4, -0.2) is 15.3 Å². The summed E-state index contributed by atoms with van der Waals surface area (Å²) < 4.78 is 7.92. The van der Waals surface area contributed by atoms with Gasteiger partial charge in [-0.25, -0.2) is 4.98 Å². The second-order valence-electron chi connectivity index (χ2n) is 5.01. The third kappa shape index (κ3) is 2.70. The van der Waals surface area contributed by atoms with Crippen LogP contribution in [0.25, 0.3) is 0 Å². The standard InChI is InChI=1S/C15H15ClN2O2/c1-10(19)14-6-11(16)2-5-15(14)20-8-13-7-17-9-18(13)12-3-4-12/h2,5-7,9,12H,3-4,8H2,1H3. The Hall–Kier alpha value is -1.81. The van der Waals surface area contributed by atoms with Gasteiger partial charge in [0.1, 0.15) is 12.4 Å². The SMILES string of the molecule is CC(=O)c1cc(Cl)ccc1OCc1cncn1C1CC1. The van der Waals surface area contributed by atoms with Crippen molar-refractivity contribution in [2.75, 3.05) is 0 Å². The zero-order valence-corrected chi connectivity index (χ0v) is 11.9. The summed E-state index contributed by atoms with van der Waals surface area (Å²) in [5, 5.41) is 0.533.